The molecular formula is C14H16O2. The molecule has 0 aliphatic heterocycles. The molecule has 2 nitrogen and oxygen atoms in total. The summed E-state index contributed by atoms with van der Waals surface area (Å²) in [5.74, 6) is 6.42. The van der Waals surface area contributed by atoms with Crippen LogP contribution in [0.15, 0.2) is 34.5 Å². The molecule has 2 rings (SSSR count). The van der Waals surface area contributed by atoms with Crippen LogP contribution >= 0.6 is 0 Å². The van der Waals surface area contributed by atoms with Crippen LogP contribution in [0, 0.1) is 11.8 Å². The van der Waals surface area contributed by atoms with Crippen LogP contribution in [0.3, 0.4) is 0 Å². The van der Waals surface area contributed by atoms with Gasteiger partial charge in [-0.3, -0.25) is 0 Å². The van der Waals surface area contributed by atoms with Gasteiger partial charge in [-0.05, 0) is 50.3 Å². The van der Waals surface area contributed by atoms with Gasteiger partial charge < -0.3 is 9.52 Å². The number of allylic oxidation sites excluding steroid dienone is 2. The molecule has 1 aromatic heterocycles. The molecule has 1 aliphatic carbocycles. The molecule has 1 N–H and O–H groups in total. The fourth-order valence-corrected chi connectivity index (χ4v) is 1.77. The SMILES string of the molecule is CC(O)(C#CC1=CCCCC1)c1ccco1. The van der Waals surface area contributed by atoms with E-state index in [1.54, 1.807) is 25.3 Å². The fourth-order valence-electron chi connectivity index (χ4n) is 1.77. The second-order valence-corrected chi connectivity index (χ2v) is 4.27. The lowest BCUT2D eigenvalue weighted by Crippen LogP contribution is -2.17. The topological polar surface area (TPSA) is 33.4 Å². The normalized spacial score (nSPS) is 19.2. The molecule has 0 spiro atoms. The average Bonchev–Trinajstić information content (AvgIpc) is 2.82. The quantitative estimate of drug-likeness (QED) is 0.732. The maximum absolute atomic E-state index is 10.1. The second-order valence-electron chi connectivity index (χ2n) is 4.27. The molecule has 2 heteroatoms. The van der Waals surface area contributed by atoms with Gasteiger partial charge in [-0.1, -0.05) is 17.9 Å². The molecule has 0 saturated heterocycles. The van der Waals surface area contributed by atoms with E-state index in [-0.39, 0.29) is 0 Å². The molecule has 0 aromatic carbocycles. The number of hydrogen-bond acceptors (Lipinski definition) is 2. The molecule has 0 amide bonds. The van der Waals surface area contributed by atoms with Crippen molar-refractivity contribution >= 4 is 0 Å². The summed E-state index contributed by atoms with van der Waals surface area (Å²) in [4.78, 5) is 0. The van der Waals surface area contributed by atoms with Gasteiger partial charge in [-0.25, -0.2) is 0 Å². The third-order valence-corrected chi connectivity index (χ3v) is 2.76. The van der Waals surface area contributed by atoms with Gasteiger partial charge in [0.2, 0.25) is 0 Å². The van der Waals surface area contributed by atoms with Crippen molar-refractivity contribution in [3.8, 4) is 11.8 Å². The van der Waals surface area contributed by atoms with Crippen LogP contribution in [0.4, 0.5) is 0 Å². The maximum Gasteiger partial charge on any atom is 0.180 e. The van der Waals surface area contributed by atoms with Crippen molar-refractivity contribution in [3.63, 3.8) is 0 Å². The Bertz CT molecular complexity index is 427. The summed E-state index contributed by atoms with van der Waals surface area (Å²) in [7, 11) is 0. The minimum Gasteiger partial charge on any atom is -0.465 e. The molecule has 16 heavy (non-hydrogen) atoms. The van der Waals surface area contributed by atoms with Crippen molar-refractivity contribution < 1.29 is 9.52 Å². The molecule has 0 saturated carbocycles. The highest BCUT2D eigenvalue weighted by Gasteiger charge is 2.23. The lowest BCUT2D eigenvalue weighted by Gasteiger charge is -2.13. The van der Waals surface area contributed by atoms with Crippen LogP contribution < -0.4 is 0 Å². The first-order valence-electron chi connectivity index (χ1n) is 5.67. The number of furan rings is 1. The van der Waals surface area contributed by atoms with E-state index in [0.29, 0.717) is 5.76 Å². The predicted octanol–water partition coefficient (Wildman–Crippen LogP) is 2.99. The van der Waals surface area contributed by atoms with Crippen LogP contribution in [0.1, 0.15) is 38.4 Å². The minimum atomic E-state index is -1.19. The summed E-state index contributed by atoms with van der Waals surface area (Å²) in [5, 5.41) is 10.1. The Balaban J connectivity index is 2.14. The first kappa shape index (κ1) is 11.0. The molecule has 0 bridgehead atoms. The maximum atomic E-state index is 10.1. The molecule has 1 unspecified atom stereocenters. The lowest BCUT2D eigenvalue weighted by molar-refractivity contribution is 0.0954. The van der Waals surface area contributed by atoms with Gasteiger partial charge in [0.1, 0.15) is 5.76 Å². The molecule has 1 heterocycles. The summed E-state index contributed by atoms with van der Waals surface area (Å²) in [6.45, 7) is 1.65. The Labute approximate surface area is 96.0 Å². The Hall–Kier alpha value is -1.46. The van der Waals surface area contributed by atoms with Crippen LogP contribution in [-0.2, 0) is 5.60 Å². The van der Waals surface area contributed by atoms with Gasteiger partial charge in [0.05, 0.1) is 6.26 Å². The molecule has 0 fully saturated rings. The predicted molar refractivity (Wildman–Crippen MR) is 62.6 cm³/mol. The smallest absolute Gasteiger partial charge is 0.180 e. The monoisotopic (exact) mass is 216 g/mol. The van der Waals surface area contributed by atoms with Crippen molar-refractivity contribution in [3.05, 3.63) is 35.8 Å². The van der Waals surface area contributed by atoms with E-state index < -0.39 is 5.60 Å². The van der Waals surface area contributed by atoms with E-state index in [1.165, 1.54) is 12.8 Å². The lowest BCUT2D eigenvalue weighted by atomic mass is 9.98. The van der Waals surface area contributed by atoms with Gasteiger partial charge in [-0.2, -0.15) is 0 Å². The standard InChI is InChI=1S/C14H16O2/c1-14(15,13-8-5-11-16-13)10-9-12-6-3-2-4-7-12/h5-6,8,11,15H,2-4,7H2,1H3. The summed E-state index contributed by atoms with van der Waals surface area (Å²) in [5.41, 5.74) is -0.0556. The van der Waals surface area contributed by atoms with E-state index in [4.69, 9.17) is 4.42 Å². The third kappa shape index (κ3) is 2.56. The van der Waals surface area contributed by atoms with Crippen LogP contribution in [0.2, 0.25) is 0 Å². The number of rotatable bonds is 1. The number of aliphatic hydroxyl groups is 1. The summed E-state index contributed by atoms with van der Waals surface area (Å²) in [6.07, 6.45) is 8.29. The highest BCUT2D eigenvalue weighted by Crippen LogP contribution is 2.21. The largest absolute Gasteiger partial charge is 0.465 e. The zero-order chi connectivity index (χ0) is 11.4. The van der Waals surface area contributed by atoms with Crippen LogP contribution in [-0.4, -0.2) is 5.11 Å². The zero-order valence-corrected chi connectivity index (χ0v) is 9.49. The first-order valence-corrected chi connectivity index (χ1v) is 5.67. The Morgan fingerprint density at radius 2 is 2.31 bits per heavy atom. The van der Waals surface area contributed by atoms with E-state index in [9.17, 15) is 5.11 Å². The summed E-state index contributed by atoms with van der Waals surface area (Å²) < 4.78 is 5.17. The molecule has 1 aromatic rings. The Morgan fingerprint density at radius 3 is 2.94 bits per heavy atom. The van der Waals surface area contributed by atoms with Crippen molar-refractivity contribution in [2.75, 3.05) is 0 Å². The van der Waals surface area contributed by atoms with Crippen molar-refractivity contribution in [2.45, 2.75) is 38.2 Å². The van der Waals surface area contributed by atoms with Gasteiger partial charge in [-0.15, -0.1) is 0 Å². The van der Waals surface area contributed by atoms with Gasteiger partial charge in [0, 0.05) is 0 Å². The Morgan fingerprint density at radius 1 is 1.44 bits per heavy atom. The van der Waals surface area contributed by atoms with E-state index in [0.717, 1.165) is 18.4 Å². The van der Waals surface area contributed by atoms with Crippen LogP contribution in [0.25, 0.3) is 0 Å². The molecule has 0 radical (unpaired) electrons. The summed E-state index contributed by atoms with van der Waals surface area (Å²) >= 11 is 0. The van der Waals surface area contributed by atoms with Gasteiger partial charge in [0.25, 0.3) is 0 Å². The van der Waals surface area contributed by atoms with Gasteiger partial charge in [0.15, 0.2) is 5.60 Å². The van der Waals surface area contributed by atoms with Crippen molar-refractivity contribution in [1.82, 2.24) is 0 Å². The van der Waals surface area contributed by atoms with Crippen molar-refractivity contribution in [2.24, 2.45) is 0 Å². The average molecular weight is 216 g/mol. The number of hydrogen-bond donors (Lipinski definition) is 1. The minimum absolute atomic E-state index is 0.497. The first-order chi connectivity index (χ1) is 7.68. The second kappa shape index (κ2) is 4.59. The van der Waals surface area contributed by atoms with Crippen LogP contribution in [0.5, 0.6) is 0 Å². The van der Waals surface area contributed by atoms with Crippen molar-refractivity contribution in [1.29, 1.82) is 0 Å². The summed E-state index contributed by atoms with van der Waals surface area (Å²) in [6, 6.07) is 3.50. The zero-order valence-electron chi connectivity index (χ0n) is 9.49. The van der Waals surface area contributed by atoms with E-state index in [2.05, 4.69) is 17.9 Å². The highest BCUT2D eigenvalue weighted by molar-refractivity contribution is 5.34. The molecular weight excluding hydrogens is 200 g/mol. The van der Waals surface area contributed by atoms with E-state index in [1.807, 2.05) is 0 Å². The molecule has 84 valence electrons. The molecule has 1 atom stereocenters. The fraction of sp³-hybridized carbons (Fsp3) is 0.429. The highest BCUT2D eigenvalue weighted by atomic mass is 16.4. The Kier molecular flexibility index (Phi) is 3.17. The molecule has 1 aliphatic rings. The van der Waals surface area contributed by atoms with E-state index >= 15 is 0 Å². The van der Waals surface area contributed by atoms with Gasteiger partial charge >= 0.3 is 0 Å². The third-order valence-electron chi connectivity index (χ3n) is 2.76.